The zero-order valence-corrected chi connectivity index (χ0v) is 11.0. The van der Waals surface area contributed by atoms with Gasteiger partial charge in [-0.05, 0) is 26.3 Å². The summed E-state index contributed by atoms with van der Waals surface area (Å²) in [6.45, 7) is 6.30. The van der Waals surface area contributed by atoms with Gasteiger partial charge < -0.3 is 10.2 Å². The van der Waals surface area contributed by atoms with Crippen molar-refractivity contribution in [3.63, 3.8) is 0 Å². The van der Waals surface area contributed by atoms with Crippen LogP contribution in [0.2, 0.25) is 0 Å². The largest absolute Gasteiger partial charge is 0.461 e. The summed E-state index contributed by atoms with van der Waals surface area (Å²) in [5.41, 5.74) is 8.38. The number of hydrogen-bond donors (Lipinski definition) is 1. The lowest BCUT2D eigenvalue weighted by Crippen LogP contribution is -2.36. The van der Waals surface area contributed by atoms with Crippen molar-refractivity contribution < 1.29 is 4.42 Å². The number of furan rings is 1. The Morgan fingerprint density at radius 3 is 2.89 bits per heavy atom. The molecule has 2 heterocycles. The van der Waals surface area contributed by atoms with Gasteiger partial charge in [0.25, 0.3) is 0 Å². The molecule has 0 spiro atoms. The second-order valence-corrected chi connectivity index (χ2v) is 5.30. The van der Waals surface area contributed by atoms with E-state index in [0.29, 0.717) is 12.1 Å². The molecule has 96 valence electrons. The van der Waals surface area contributed by atoms with Crippen LogP contribution in [0.1, 0.15) is 24.7 Å². The van der Waals surface area contributed by atoms with Gasteiger partial charge in [0.05, 0.1) is 0 Å². The molecule has 1 fully saturated rings. The van der Waals surface area contributed by atoms with E-state index in [-0.39, 0.29) is 0 Å². The van der Waals surface area contributed by atoms with Crippen molar-refractivity contribution in [2.75, 3.05) is 6.54 Å². The summed E-state index contributed by atoms with van der Waals surface area (Å²) >= 11 is 0. The van der Waals surface area contributed by atoms with E-state index >= 15 is 0 Å². The molecule has 2 unspecified atom stereocenters. The van der Waals surface area contributed by atoms with Gasteiger partial charge in [-0.3, -0.25) is 4.90 Å². The third-order valence-electron chi connectivity index (χ3n) is 4.21. The number of likely N-dealkylation sites (tertiary alicyclic amines) is 1. The Morgan fingerprint density at radius 2 is 2.17 bits per heavy atom. The van der Waals surface area contributed by atoms with Gasteiger partial charge in [-0.2, -0.15) is 0 Å². The molecule has 2 aromatic rings. The maximum atomic E-state index is 6.08. The Hall–Kier alpha value is -1.32. The maximum Gasteiger partial charge on any atom is 0.134 e. The SMILES string of the molecule is Cc1oc2ccccc2c1CN1CCC(N)C1C. The van der Waals surface area contributed by atoms with Crippen LogP contribution in [0.15, 0.2) is 28.7 Å². The molecule has 3 heteroatoms. The quantitative estimate of drug-likeness (QED) is 0.883. The summed E-state index contributed by atoms with van der Waals surface area (Å²) in [4.78, 5) is 2.45. The van der Waals surface area contributed by atoms with Gasteiger partial charge in [0.2, 0.25) is 0 Å². The topological polar surface area (TPSA) is 42.4 Å². The van der Waals surface area contributed by atoms with E-state index in [1.54, 1.807) is 0 Å². The lowest BCUT2D eigenvalue weighted by atomic mass is 10.1. The maximum absolute atomic E-state index is 6.08. The van der Waals surface area contributed by atoms with Crippen molar-refractivity contribution in [3.05, 3.63) is 35.6 Å². The molecule has 1 aromatic heterocycles. The first-order chi connectivity index (χ1) is 8.66. The highest BCUT2D eigenvalue weighted by molar-refractivity contribution is 5.82. The third-order valence-corrected chi connectivity index (χ3v) is 4.21. The van der Waals surface area contributed by atoms with Crippen molar-refractivity contribution in [3.8, 4) is 0 Å². The predicted octanol–water partition coefficient (Wildman–Crippen LogP) is 2.66. The molecule has 3 nitrogen and oxygen atoms in total. The van der Waals surface area contributed by atoms with Crippen LogP contribution in [0.5, 0.6) is 0 Å². The minimum Gasteiger partial charge on any atom is -0.461 e. The van der Waals surface area contributed by atoms with Crippen LogP contribution in [0.4, 0.5) is 0 Å². The fourth-order valence-corrected chi connectivity index (χ4v) is 2.87. The summed E-state index contributed by atoms with van der Waals surface area (Å²) in [5.74, 6) is 1.03. The summed E-state index contributed by atoms with van der Waals surface area (Å²) < 4.78 is 5.81. The molecule has 18 heavy (non-hydrogen) atoms. The van der Waals surface area contributed by atoms with Crippen LogP contribution in [0.25, 0.3) is 11.0 Å². The molecule has 2 atom stereocenters. The van der Waals surface area contributed by atoms with E-state index in [1.165, 1.54) is 10.9 Å². The summed E-state index contributed by atoms with van der Waals surface area (Å²) in [7, 11) is 0. The monoisotopic (exact) mass is 244 g/mol. The fourth-order valence-electron chi connectivity index (χ4n) is 2.87. The summed E-state index contributed by atoms with van der Waals surface area (Å²) in [6.07, 6.45) is 1.09. The number of benzene rings is 1. The van der Waals surface area contributed by atoms with Crippen molar-refractivity contribution in [1.82, 2.24) is 4.90 Å². The third kappa shape index (κ3) is 1.84. The van der Waals surface area contributed by atoms with Crippen molar-refractivity contribution in [1.29, 1.82) is 0 Å². The standard InChI is InChI=1S/C15H20N2O/c1-10-14(16)7-8-17(10)9-13-11(2)18-15-6-4-3-5-12(13)15/h3-6,10,14H,7-9,16H2,1-2H3. The molecule has 3 rings (SSSR count). The van der Waals surface area contributed by atoms with Gasteiger partial charge in [0.1, 0.15) is 11.3 Å². The van der Waals surface area contributed by atoms with Crippen molar-refractivity contribution >= 4 is 11.0 Å². The highest BCUT2D eigenvalue weighted by Gasteiger charge is 2.28. The Morgan fingerprint density at radius 1 is 1.39 bits per heavy atom. The number of hydrogen-bond acceptors (Lipinski definition) is 3. The molecule has 1 aliphatic heterocycles. The Kier molecular flexibility index (Phi) is 2.88. The Balaban J connectivity index is 1.93. The number of nitrogens with two attached hydrogens (primary N) is 1. The molecule has 0 bridgehead atoms. The predicted molar refractivity (Wildman–Crippen MR) is 73.4 cm³/mol. The zero-order chi connectivity index (χ0) is 12.7. The molecule has 1 aliphatic rings. The Bertz CT molecular complexity index is 561. The number of rotatable bonds is 2. The molecule has 2 N–H and O–H groups in total. The number of fused-ring (bicyclic) bond motifs is 1. The van der Waals surface area contributed by atoms with E-state index in [4.69, 9.17) is 10.2 Å². The molecular formula is C15H20N2O. The normalized spacial score (nSPS) is 25.1. The van der Waals surface area contributed by atoms with Crippen LogP contribution in [0.3, 0.4) is 0 Å². The average Bonchev–Trinajstić information content (AvgIpc) is 2.85. The molecule has 1 saturated heterocycles. The molecule has 0 saturated carbocycles. The molecule has 0 amide bonds. The van der Waals surface area contributed by atoms with Crippen LogP contribution in [0, 0.1) is 6.92 Å². The van der Waals surface area contributed by atoms with Crippen LogP contribution >= 0.6 is 0 Å². The van der Waals surface area contributed by atoms with Crippen LogP contribution in [-0.2, 0) is 6.54 Å². The first kappa shape index (κ1) is 11.8. The fraction of sp³-hybridized carbons (Fsp3) is 0.467. The lowest BCUT2D eigenvalue weighted by molar-refractivity contribution is 0.251. The number of aryl methyl sites for hydroxylation is 1. The van der Waals surface area contributed by atoms with Gasteiger partial charge in [0, 0.05) is 36.1 Å². The van der Waals surface area contributed by atoms with E-state index in [2.05, 4.69) is 30.9 Å². The van der Waals surface area contributed by atoms with Crippen LogP contribution in [-0.4, -0.2) is 23.5 Å². The Labute approximate surface area is 108 Å². The van der Waals surface area contributed by atoms with Gasteiger partial charge in [-0.1, -0.05) is 18.2 Å². The van der Waals surface area contributed by atoms with E-state index < -0.39 is 0 Å². The van der Waals surface area contributed by atoms with Gasteiger partial charge in [-0.15, -0.1) is 0 Å². The van der Waals surface area contributed by atoms with E-state index in [0.717, 1.165) is 30.9 Å². The molecule has 1 aromatic carbocycles. The average molecular weight is 244 g/mol. The van der Waals surface area contributed by atoms with E-state index in [9.17, 15) is 0 Å². The first-order valence-corrected chi connectivity index (χ1v) is 6.63. The second-order valence-electron chi connectivity index (χ2n) is 5.30. The van der Waals surface area contributed by atoms with Crippen molar-refractivity contribution in [2.24, 2.45) is 5.73 Å². The second kappa shape index (κ2) is 4.41. The van der Waals surface area contributed by atoms with Crippen molar-refractivity contribution in [2.45, 2.75) is 38.9 Å². The highest BCUT2D eigenvalue weighted by Crippen LogP contribution is 2.28. The molecular weight excluding hydrogens is 224 g/mol. The summed E-state index contributed by atoms with van der Waals surface area (Å²) in [6, 6.07) is 9.03. The van der Waals surface area contributed by atoms with Gasteiger partial charge in [-0.25, -0.2) is 0 Å². The zero-order valence-electron chi connectivity index (χ0n) is 11.0. The highest BCUT2D eigenvalue weighted by atomic mass is 16.3. The minimum absolute atomic E-state index is 0.309. The van der Waals surface area contributed by atoms with Gasteiger partial charge in [0.15, 0.2) is 0 Å². The van der Waals surface area contributed by atoms with E-state index in [1.807, 2.05) is 12.1 Å². The molecule has 0 aliphatic carbocycles. The first-order valence-electron chi connectivity index (χ1n) is 6.63. The lowest BCUT2D eigenvalue weighted by Gasteiger charge is -2.22. The smallest absolute Gasteiger partial charge is 0.134 e. The van der Waals surface area contributed by atoms with Gasteiger partial charge >= 0.3 is 0 Å². The van der Waals surface area contributed by atoms with Crippen LogP contribution < -0.4 is 5.73 Å². The summed E-state index contributed by atoms with van der Waals surface area (Å²) in [5, 5.41) is 1.24. The molecule has 0 radical (unpaired) electrons. The minimum atomic E-state index is 0.309. The number of nitrogens with zero attached hydrogens (tertiary/aromatic N) is 1. The number of para-hydroxylation sites is 1.